The van der Waals surface area contributed by atoms with Gasteiger partial charge in [-0.15, -0.1) is 0 Å². The van der Waals surface area contributed by atoms with Crippen LogP contribution in [0.2, 0.25) is 0 Å². The Labute approximate surface area is 79.1 Å². The summed E-state index contributed by atoms with van der Waals surface area (Å²) in [5.41, 5.74) is 0.971. The molecular formula is C10H16N2O. The topological polar surface area (TPSA) is 34.2 Å². The van der Waals surface area contributed by atoms with E-state index < -0.39 is 0 Å². The summed E-state index contributed by atoms with van der Waals surface area (Å²) in [6, 6.07) is 3.87. The number of ether oxygens (including phenoxy) is 1. The van der Waals surface area contributed by atoms with Crippen LogP contribution < -0.4 is 10.1 Å². The number of hydrogen-bond donors (Lipinski definition) is 1. The molecule has 3 nitrogen and oxygen atoms in total. The molecule has 0 aliphatic heterocycles. The maximum absolute atomic E-state index is 5.10. The van der Waals surface area contributed by atoms with Gasteiger partial charge >= 0.3 is 0 Å². The van der Waals surface area contributed by atoms with Gasteiger partial charge in [0.2, 0.25) is 5.88 Å². The summed E-state index contributed by atoms with van der Waals surface area (Å²) >= 11 is 0. The normalized spacial score (nSPS) is 9.69. The third-order valence-corrected chi connectivity index (χ3v) is 1.81. The van der Waals surface area contributed by atoms with E-state index in [0.29, 0.717) is 5.88 Å². The van der Waals surface area contributed by atoms with E-state index in [-0.39, 0.29) is 0 Å². The predicted molar refractivity (Wildman–Crippen MR) is 54.2 cm³/mol. The minimum atomic E-state index is 0.665. The van der Waals surface area contributed by atoms with Gasteiger partial charge in [0.1, 0.15) is 0 Å². The molecule has 0 spiro atoms. The van der Waals surface area contributed by atoms with E-state index in [9.17, 15) is 0 Å². The predicted octanol–water partition coefficient (Wildman–Crippen LogP) is 2.30. The Morgan fingerprint density at radius 1 is 1.54 bits per heavy atom. The van der Waals surface area contributed by atoms with Crippen LogP contribution in [-0.4, -0.2) is 18.6 Å². The first-order chi connectivity index (χ1) is 6.38. The minimum Gasteiger partial charge on any atom is -0.480 e. The molecule has 0 saturated carbocycles. The van der Waals surface area contributed by atoms with Gasteiger partial charge in [-0.05, 0) is 18.6 Å². The Bertz CT molecular complexity index is 250. The van der Waals surface area contributed by atoms with E-state index in [4.69, 9.17) is 4.74 Å². The average molecular weight is 180 g/mol. The van der Waals surface area contributed by atoms with Gasteiger partial charge in [-0.2, -0.15) is 0 Å². The number of nitrogens with one attached hydrogen (secondary N) is 1. The van der Waals surface area contributed by atoms with Crippen LogP contribution in [0.5, 0.6) is 5.88 Å². The van der Waals surface area contributed by atoms with Crippen LogP contribution in [0, 0.1) is 0 Å². The monoisotopic (exact) mass is 180 g/mol. The van der Waals surface area contributed by atoms with Crippen molar-refractivity contribution in [3.8, 4) is 5.88 Å². The number of pyridine rings is 1. The maximum atomic E-state index is 5.10. The molecule has 0 unspecified atom stereocenters. The second-order valence-corrected chi connectivity index (χ2v) is 2.84. The lowest BCUT2D eigenvalue weighted by atomic mass is 10.3. The molecule has 0 amide bonds. The summed E-state index contributed by atoms with van der Waals surface area (Å²) in [5.74, 6) is 0.665. The summed E-state index contributed by atoms with van der Waals surface area (Å²) in [6.45, 7) is 3.14. The lowest BCUT2D eigenvalue weighted by molar-refractivity contribution is 0.399. The van der Waals surface area contributed by atoms with Crippen LogP contribution in [0.25, 0.3) is 0 Å². The zero-order valence-electron chi connectivity index (χ0n) is 8.21. The zero-order valence-corrected chi connectivity index (χ0v) is 8.21. The fourth-order valence-electron chi connectivity index (χ4n) is 1.09. The number of unbranched alkanes of at least 4 members (excludes halogenated alkanes) is 1. The number of aromatic nitrogens is 1. The molecule has 13 heavy (non-hydrogen) atoms. The molecule has 1 aromatic rings. The van der Waals surface area contributed by atoms with Gasteiger partial charge < -0.3 is 10.1 Å². The van der Waals surface area contributed by atoms with E-state index in [0.717, 1.165) is 18.7 Å². The van der Waals surface area contributed by atoms with Gasteiger partial charge in [0, 0.05) is 12.7 Å². The highest BCUT2D eigenvalue weighted by Crippen LogP contribution is 2.19. The molecule has 0 fully saturated rings. The van der Waals surface area contributed by atoms with Crippen molar-refractivity contribution in [1.82, 2.24) is 4.98 Å². The molecule has 1 rings (SSSR count). The fourth-order valence-corrected chi connectivity index (χ4v) is 1.09. The van der Waals surface area contributed by atoms with Gasteiger partial charge in [0.05, 0.1) is 12.8 Å². The molecule has 0 aromatic carbocycles. The van der Waals surface area contributed by atoms with Crippen molar-refractivity contribution < 1.29 is 4.74 Å². The molecular weight excluding hydrogens is 164 g/mol. The van der Waals surface area contributed by atoms with E-state index in [1.807, 2.05) is 12.1 Å². The van der Waals surface area contributed by atoms with Crippen LogP contribution >= 0.6 is 0 Å². The lowest BCUT2D eigenvalue weighted by Crippen LogP contribution is -2.03. The van der Waals surface area contributed by atoms with E-state index in [1.165, 1.54) is 6.42 Å². The second-order valence-electron chi connectivity index (χ2n) is 2.84. The van der Waals surface area contributed by atoms with Crippen LogP contribution in [0.4, 0.5) is 5.69 Å². The summed E-state index contributed by atoms with van der Waals surface area (Å²) < 4.78 is 5.10. The molecule has 72 valence electrons. The van der Waals surface area contributed by atoms with Gasteiger partial charge in [-0.25, -0.2) is 4.98 Å². The Morgan fingerprint density at radius 2 is 2.38 bits per heavy atom. The highest BCUT2D eigenvalue weighted by atomic mass is 16.5. The number of hydrogen-bond acceptors (Lipinski definition) is 3. The Balaban J connectivity index is 2.54. The molecule has 0 bridgehead atoms. The third-order valence-electron chi connectivity index (χ3n) is 1.81. The van der Waals surface area contributed by atoms with Crippen LogP contribution in [-0.2, 0) is 0 Å². The lowest BCUT2D eigenvalue weighted by Gasteiger charge is -2.08. The summed E-state index contributed by atoms with van der Waals surface area (Å²) in [4.78, 5) is 4.09. The summed E-state index contributed by atoms with van der Waals surface area (Å²) in [6.07, 6.45) is 4.08. The van der Waals surface area contributed by atoms with E-state index in [1.54, 1.807) is 13.3 Å². The molecule has 1 heterocycles. The Morgan fingerprint density at radius 3 is 3.08 bits per heavy atom. The van der Waals surface area contributed by atoms with Crippen molar-refractivity contribution in [1.29, 1.82) is 0 Å². The average Bonchev–Trinajstić information content (AvgIpc) is 2.19. The first-order valence-corrected chi connectivity index (χ1v) is 4.61. The van der Waals surface area contributed by atoms with Crippen molar-refractivity contribution in [3.63, 3.8) is 0 Å². The highest BCUT2D eigenvalue weighted by Gasteiger charge is 2.00. The molecule has 1 aromatic heterocycles. The first kappa shape index (κ1) is 9.84. The van der Waals surface area contributed by atoms with Gasteiger partial charge in [-0.3, -0.25) is 0 Å². The Kier molecular flexibility index (Phi) is 4.09. The minimum absolute atomic E-state index is 0.665. The summed E-state index contributed by atoms with van der Waals surface area (Å²) in [5, 5.41) is 3.28. The molecule has 0 saturated heterocycles. The van der Waals surface area contributed by atoms with Gasteiger partial charge in [0.25, 0.3) is 0 Å². The van der Waals surface area contributed by atoms with Crippen LogP contribution in [0.3, 0.4) is 0 Å². The smallest absolute Gasteiger partial charge is 0.237 e. The number of anilines is 1. The largest absolute Gasteiger partial charge is 0.480 e. The van der Waals surface area contributed by atoms with Crippen molar-refractivity contribution in [2.75, 3.05) is 19.0 Å². The number of nitrogens with zero attached hydrogens (tertiary/aromatic N) is 1. The standard InChI is InChI=1S/C10H16N2O/c1-3-4-7-11-9-6-5-8-12-10(9)13-2/h5-6,8,11H,3-4,7H2,1-2H3. The first-order valence-electron chi connectivity index (χ1n) is 4.61. The molecule has 0 radical (unpaired) electrons. The molecule has 0 aliphatic carbocycles. The molecule has 0 atom stereocenters. The fraction of sp³-hybridized carbons (Fsp3) is 0.500. The molecule has 1 N–H and O–H groups in total. The van der Waals surface area contributed by atoms with Crippen LogP contribution in [0.1, 0.15) is 19.8 Å². The van der Waals surface area contributed by atoms with Crippen molar-refractivity contribution in [2.45, 2.75) is 19.8 Å². The van der Waals surface area contributed by atoms with Gasteiger partial charge in [-0.1, -0.05) is 13.3 Å². The molecule has 0 aliphatic rings. The molecule has 3 heteroatoms. The van der Waals surface area contributed by atoms with E-state index in [2.05, 4.69) is 17.2 Å². The SMILES string of the molecule is CCCCNc1cccnc1OC. The number of methoxy groups -OCH3 is 1. The number of rotatable bonds is 5. The third kappa shape index (κ3) is 2.93. The Hall–Kier alpha value is -1.25. The van der Waals surface area contributed by atoms with Crippen molar-refractivity contribution in [3.05, 3.63) is 18.3 Å². The summed E-state index contributed by atoms with van der Waals surface area (Å²) in [7, 11) is 1.63. The van der Waals surface area contributed by atoms with Crippen molar-refractivity contribution >= 4 is 5.69 Å². The van der Waals surface area contributed by atoms with Crippen molar-refractivity contribution in [2.24, 2.45) is 0 Å². The van der Waals surface area contributed by atoms with Gasteiger partial charge in [0.15, 0.2) is 0 Å². The maximum Gasteiger partial charge on any atom is 0.237 e. The van der Waals surface area contributed by atoms with E-state index >= 15 is 0 Å². The highest BCUT2D eigenvalue weighted by molar-refractivity contribution is 5.51. The quantitative estimate of drug-likeness (QED) is 0.706. The second kappa shape index (κ2) is 5.41. The van der Waals surface area contributed by atoms with Crippen LogP contribution in [0.15, 0.2) is 18.3 Å². The zero-order chi connectivity index (χ0) is 9.52.